The number of fused-ring (bicyclic) bond motifs is 1. The molecule has 7 heteroatoms. The third-order valence-electron chi connectivity index (χ3n) is 3.59. The van der Waals surface area contributed by atoms with Crippen molar-refractivity contribution in [2.45, 2.75) is 13.0 Å². The van der Waals surface area contributed by atoms with E-state index in [0.717, 1.165) is 5.69 Å². The molecule has 1 N–H and O–H groups in total. The summed E-state index contributed by atoms with van der Waals surface area (Å²) in [6.45, 7) is 2.51. The summed E-state index contributed by atoms with van der Waals surface area (Å²) in [6, 6.07) is 4.62. The number of nitrogens with zero attached hydrogens (tertiary/aromatic N) is 3. The molecule has 1 saturated heterocycles. The lowest BCUT2D eigenvalue weighted by Crippen LogP contribution is -2.52. The average Bonchev–Trinajstić information content (AvgIpc) is 2.92. The van der Waals surface area contributed by atoms with Crippen molar-refractivity contribution in [1.29, 1.82) is 0 Å². The number of pyridine rings is 1. The van der Waals surface area contributed by atoms with Gasteiger partial charge in [0.25, 0.3) is 5.91 Å². The topological polar surface area (TPSA) is 84.1 Å². The number of hydrogen-bond acceptors (Lipinski definition) is 4. The van der Waals surface area contributed by atoms with Crippen LogP contribution in [0.2, 0.25) is 0 Å². The Morgan fingerprint density at radius 1 is 1.43 bits per heavy atom. The van der Waals surface area contributed by atoms with Crippen LogP contribution in [0.25, 0.3) is 5.65 Å². The SMILES string of the molecule is Cc1cccc2nc(C(=O)N3CCOCC3C(=O)O)cn12. The minimum atomic E-state index is -1.07. The first-order valence-corrected chi connectivity index (χ1v) is 6.64. The van der Waals surface area contributed by atoms with Crippen LogP contribution in [0.3, 0.4) is 0 Å². The number of aliphatic carboxylic acids is 1. The zero-order chi connectivity index (χ0) is 15.0. The second-order valence-electron chi connectivity index (χ2n) is 4.95. The van der Waals surface area contributed by atoms with E-state index in [9.17, 15) is 14.7 Å². The van der Waals surface area contributed by atoms with Crippen LogP contribution in [-0.2, 0) is 9.53 Å². The lowest BCUT2D eigenvalue weighted by molar-refractivity contribution is -0.147. The normalized spacial score (nSPS) is 18.9. The first-order valence-electron chi connectivity index (χ1n) is 6.64. The van der Waals surface area contributed by atoms with E-state index in [4.69, 9.17) is 4.74 Å². The number of carbonyl (C=O) groups is 2. The summed E-state index contributed by atoms with van der Waals surface area (Å²) in [7, 11) is 0. The van der Waals surface area contributed by atoms with E-state index in [1.807, 2.05) is 23.5 Å². The number of aryl methyl sites for hydroxylation is 1. The molecule has 0 bridgehead atoms. The maximum atomic E-state index is 12.5. The number of aromatic nitrogens is 2. The van der Waals surface area contributed by atoms with Gasteiger partial charge in [0.1, 0.15) is 11.3 Å². The minimum Gasteiger partial charge on any atom is -0.480 e. The van der Waals surface area contributed by atoms with E-state index in [-0.39, 0.29) is 24.8 Å². The minimum absolute atomic E-state index is 0.00741. The number of hydrogen-bond donors (Lipinski definition) is 1. The van der Waals surface area contributed by atoms with Gasteiger partial charge in [-0.2, -0.15) is 0 Å². The largest absolute Gasteiger partial charge is 0.480 e. The standard InChI is InChI=1S/C14H15N3O4/c1-9-3-2-4-12-15-10(7-17(9)12)13(18)16-5-6-21-8-11(16)14(19)20/h2-4,7,11H,5-6,8H2,1H3,(H,19,20). The van der Waals surface area contributed by atoms with Crippen molar-refractivity contribution in [2.24, 2.45) is 0 Å². The highest BCUT2D eigenvalue weighted by Crippen LogP contribution is 2.14. The Bertz CT molecular complexity index is 709. The molecule has 0 spiro atoms. The maximum Gasteiger partial charge on any atom is 0.328 e. The van der Waals surface area contributed by atoms with Crippen LogP contribution in [0.5, 0.6) is 0 Å². The monoisotopic (exact) mass is 289 g/mol. The fourth-order valence-corrected chi connectivity index (χ4v) is 2.45. The quantitative estimate of drug-likeness (QED) is 0.873. The average molecular weight is 289 g/mol. The van der Waals surface area contributed by atoms with Gasteiger partial charge in [0.2, 0.25) is 0 Å². The van der Waals surface area contributed by atoms with E-state index >= 15 is 0 Å². The van der Waals surface area contributed by atoms with Gasteiger partial charge in [-0.15, -0.1) is 0 Å². The van der Waals surface area contributed by atoms with Crippen LogP contribution < -0.4 is 0 Å². The molecule has 0 saturated carbocycles. The molecule has 3 heterocycles. The molecule has 21 heavy (non-hydrogen) atoms. The Balaban J connectivity index is 1.95. The highest BCUT2D eigenvalue weighted by atomic mass is 16.5. The van der Waals surface area contributed by atoms with Gasteiger partial charge in [0, 0.05) is 18.4 Å². The van der Waals surface area contributed by atoms with Crippen molar-refractivity contribution in [3.8, 4) is 0 Å². The van der Waals surface area contributed by atoms with Crippen LogP contribution in [0.15, 0.2) is 24.4 Å². The predicted molar refractivity (Wildman–Crippen MR) is 73.2 cm³/mol. The summed E-state index contributed by atoms with van der Waals surface area (Å²) in [5.74, 6) is -1.45. The summed E-state index contributed by atoms with van der Waals surface area (Å²) < 4.78 is 6.95. The number of ether oxygens (including phenoxy) is 1. The molecular formula is C14H15N3O4. The van der Waals surface area contributed by atoms with Crippen LogP contribution in [0.1, 0.15) is 16.2 Å². The van der Waals surface area contributed by atoms with Gasteiger partial charge < -0.3 is 19.1 Å². The molecule has 2 aromatic rings. The number of rotatable bonds is 2. The van der Waals surface area contributed by atoms with Crippen molar-refractivity contribution in [2.75, 3.05) is 19.8 Å². The highest BCUT2D eigenvalue weighted by molar-refractivity contribution is 5.95. The van der Waals surface area contributed by atoms with Gasteiger partial charge in [-0.3, -0.25) is 4.79 Å². The number of amides is 1. The molecule has 0 aromatic carbocycles. The Kier molecular flexibility index (Phi) is 3.34. The number of morpholine rings is 1. The Morgan fingerprint density at radius 2 is 2.24 bits per heavy atom. The zero-order valence-electron chi connectivity index (χ0n) is 11.5. The van der Waals surface area contributed by atoms with Crippen LogP contribution in [-0.4, -0.2) is 57.1 Å². The third kappa shape index (κ3) is 2.36. The van der Waals surface area contributed by atoms with Crippen molar-refractivity contribution in [3.05, 3.63) is 35.8 Å². The second kappa shape index (κ2) is 5.17. The van der Waals surface area contributed by atoms with Crippen molar-refractivity contribution in [3.63, 3.8) is 0 Å². The smallest absolute Gasteiger partial charge is 0.328 e. The van der Waals surface area contributed by atoms with E-state index in [2.05, 4.69) is 4.98 Å². The predicted octanol–water partition coefficient (Wildman–Crippen LogP) is 0.568. The second-order valence-corrected chi connectivity index (χ2v) is 4.95. The van der Waals surface area contributed by atoms with Crippen molar-refractivity contribution in [1.82, 2.24) is 14.3 Å². The molecule has 1 atom stereocenters. The van der Waals surface area contributed by atoms with E-state index in [0.29, 0.717) is 12.3 Å². The van der Waals surface area contributed by atoms with Crippen molar-refractivity contribution < 1.29 is 19.4 Å². The van der Waals surface area contributed by atoms with Crippen LogP contribution in [0.4, 0.5) is 0 Å². The van der Waals surface area contributed by atoms with Crippen molar-refractivity contribution >= 4 is 17.5 Å². The molecule has 2 aromatic heterocycles. The van der Waals surface area contributed by atoms with Gasteiger partial charge in [0.05, 0.1) is 13.2 Å². The zero-order valence-corrected chi connectivity index (χ0v) is 11.5. The molecule has 7 nitrogen and oxygen atoms in total. The lowest BCUT2D eigenvalue weighted by Gasteiger charge is -2.32. The first-order chi connectivity index (χ1) is 10.1. The van der Waals surface area contributed by atoms with E-state index in [1.165, 1.54) is 4.90 Å². The maximum absolute atomic E-state index is 12.5. The molecule has 1 unspecified atom stereocenters. The van der Waals surface area contributed by atoms with Crippen LogP contribution in [0, 0.1) is 6.92 Å². The Morgan fingerprint density at radius 3 is 2.95 bits per heavy atom. The fraction of sp³-hybridized carbons (Fsp3) is 0.357. The fourth-order valence-electron chi connectivity index (χ4n) is 2.45. The molecule has 3 rings (SSSR count). The summed E-state index contributed by atoms with van der Waals surface area (Å²) in [5, 5.41) is 9.19. The van der Waals surface area contributed by atoms with E-state index < -0.39 is 12.0 Å². The van der Waals surface area contributed by atoms with Gasteiger partial charge in [0.15, 0.2) is 6.04 Å². The summed E-state index contributed by atoms with van der Waals surface area (Å²) in [6.07, 6.45) is 1.64. The van der Waals surface area contributed by atoms with Gasteiger partial charge in [-0.25, -0.2) is 9.78 Å². The van der Waals surface area contributed by atoms with Gasteiger partial charge >= 0.3 is 5.97 Å². The number of carboxylic acids is 1. The molecule has 1 amide bonds. The molecule has 1 aliphatic rings. The summed E-state index contributed by atoms with van der Waals surface area (Å²) in [5.41, 5.74) is 1.87. The lowest BCUT2D eigenvalue weighted by atomic mass is 10.2. The molecule has 0 aliphatic carbocycles. The van der Waals surface area contributed by atoms with E-state index in [1.54, 1.807) is 12.3 Å². The van der Waals surface area contributed by atoms with Gasteiger partial charge in [-0.1, -0.05) is 6.07 Å². The number of imidazole rings is 1. The molecule has 1 fully saturated rings. The van der Waals surface area contributed by atoms with Gasteiger partial charge in [-0.05, 0) is 19.1 Å². The van der Waals surface area contributed by atoms with Crippen LogP contribution >= 0.6 is 0 Å². The highest BCUT2D eigenvalue weighted by Gasteiger charge is 2.34. The first kappa shape index (κ1) is 13.6. The summed E-state index contributed by atoms with van der Waals surface area (Å²) in [4.78, 5) is 29.3. The Labute approximate surface area is 120 Å². The molecule has 1 aliphatic heterocycles. The summed E-state index contributed by atoms with van der Waals surface area (Å²) >= 11 is 0. The molecule has 0 radical (unpaired) electrons. The molecule has 110 valence electrons. The number of carboxylic acid groups (broad SMARTS) is 1. The Hall–Kier alpha value is -2.41. The number of carbonyl (C=O) groups excluding carboxylic acids is 1. The third-order valence-corrected chi connectivity index (χ3v) is 3.59. The molecular weight excluding hydrogens is 274 g/mol.